The van der Waals surface area contributed by atoms with Gasteiger partial charge in [-0.15, -0.1) is 11.3 Å². The molecule has 10 heterocycles. The number of hydrogen-bond donors (Lipinski definition) is 0. The number of oxazole rings is 1. The van der Waals surface area contributed by atoms with Gasteiger partial charge in [-0.05, 0) is 155 Å². The second-order valence-electron chi connectivity index (χ2n) is 40.3. The Morgan fingerprint density at radius 1 is 0.207 bits per heavy atom. The molecule has 0 amide bonds. The van der Waals surface area contributed by atoms with Crippen LogP contribution in [-0.2, 0) is 16.2 Å². The van der Waals surface area contributed by atoms with Crippen molar-refractivity contribution < 1.29 is 17.7 Å². The summed E-state index contributed by atoms with van der Waals surface area (Å²) in [6, 6.07) is 147. The third-order valence-electron chi connectivity index (χ3n) is 30.2. The molecular formula is C135H90N10O4S. The largest absolute Gasteiger partial charge is 0.455 e. The highest BCUT2D eigenvalue weighted by atomic mass is 32.1. The van der Waals surface area contributed by atoms with Gasteiger partial charge in [-0.1, -0.05) is 345 Å². The number of para-hydroxylation sites is 9. The Bertz CT molecular complexity index is 9690. The molecule has 0 saturated carbocycles. The van der Waals surface area contributed by atoms with Crippen LogP contribution in [0, 0.1) is 0 Å². The molecule has 10 aromatic heterocycles. The summed E-state index contributed by atoms with van der Waals surface area (Å²) in [5.41, 5.74) is 41.3. The van der Waals surface area contributed by atoms with Crippen molar-refractivity contribution in [2.45, 2.75) is 57.8 Å². The summed E-state index contributed by atoms with van der Waals surface area (Å²) in [7, 11) is 0. The van der Waals surface area contributed by atoms with E-state index in [9.17, 15) is 0 Å². The van der Waals surface area contributed by atoms with Gasteiger partial charge in [0.1, 0.15) is 44.0 Å². The summed E-state index contributed by atoms with van der Waals surface area (Å²) in [5.74, 6) is 2.59. The summed E-state index contributed by atoms with van der Waals surface area (Å²) < 4.78 is 26.7. The van der Waals surface area contributed by atoms with Crippen LogP contribution < -0.4 is 0 Å². The average molecular weight is 1950 g/mol. The Labute approximate surface area is 867 Å². The van der Waals surface area contributed by atoms with Crippen LogP contribution >= 0.6 is 11.3 Å². The molecule has 710 valence electrons. The second-order valence-corrected chi connectivity index (χ2v) is 41.3. The third-order valence-corrected chi connectivity index (χ3v) is 31.2. The molecule has 0 atom stereocenters. The van der Waals surface area contributed by atoms with E-state index in [1.165, 1.54) is 21.4 Å². The van der Waals surface area contributed by atoms with E-state index in [-0.39, 0.29) is 16.2 Å². The van der Waals surface area contributed by atoms with Gasteiger partial charge in [0.15, 0.2) is 23.1 Å². The first-order valence-corrected chi connectivity index (χ1v) is 51.4. The van der Waals surface area contributed by atoms with E-state index >= 15 is 0 Å². The van der Waals surface area contributed by atoms with E-state index in [4.69, 9.17) is 67.5 Å². The van der Waals surface area contributed by atoms with E-state index < -0.39 is 0 Å². The van der Waals surface area contributed by atoms with E-state index in [0.717, 1.165) is 255 Å². The van der Waals surface area contributed by atoms with Crippen molar-refractivity contribution in [3.63, 3.8) is 0 Å². The molecule has 30 rings (SSSR count). The van der Waals surface area contributed by atoms with Crippen molar-refractivity contribution in [2.75, 3.05) is 0 Å². The molecule has 0 unspecified atom stereocenters. The van der Waals surface area contributed by atoms with Gasteiger partial charge < -0.3 is 17.7 Å². The van der Waals surface area contributed by atoms with E-state index in [0.29, 0.717) is 23.4 Å². The van der Waals surface area contributed by atoms with Gasteiger partial charge in [-0.3, -0.25) is 9.97 Å². The maximum absolute atomic E-state index is 6.47. The SMILES string of the molecule is CC1(C)c2ccccc2-c2nc(-c3cc(-c4ccccn4)cc(-c4ccccn4)c3)nc(-c3cccc(-c4cccc5c4oc4ccccc45)c3)c21.CC1(C)c2ccccc2-c2nc(-c3cccc(-c4nc5ccccc5o4)c3)nc(-c3cccc(-c4cccc5c4oc4ccccc45)c3)c21.CC1(C)c2ccccc2-c2nc(-c3cccc(-c4nc5ccccc5s4)c3)nc(-c3cccc(-c4cccc5c4oc4ccccc45)c3)c21. The first-order chi connectivity index (χ1) is 73.6. The molecule has 17 aromatic carbocycles. The van der Waals surface area contributed by atoms with Gasteiger partial charge in [0, 0.05) is 167 Å². The first-order valence-electron chi connectivity index (χ1n) is 50.6. The van der Waals surface area contributed by atoms with Gasteiger partial charge in [-0.2, -0.15) is 0 Å². The summed E-state index contributed by atoms with van der Waals surface area (Å²) in [4.78, 5) is 51.4. The fourth-order valence-electron chi connectivity index (χ4n) is 23.0. The molecular weight excluding hydrogens is 1860 g/mol. The molecule has 0 radical (unpaired) electrons. The number of hydrogen-bond acceptors (Lipinski definition) is 15. The summed E-state index contributed by atoms with van der Waals surface area (Å²) in [6.07, 6.45) is 3.65. The van der Waals surface area contributed by atoms with Gasteiger partial charge in [0.25, 0.3) is 0 Å². The first kappa shape index (κ1) is 88.7. The van der Waals surface area contributed by atoms with Crippen LogP contribution in [0.25, 0.3) is 267 Å². The fraction of sp³-hybridized carbons (Fsp3) is 0.0667. The topological polar surface area (TPSA) is 181 Å². The predicted molar refractivity (Wildman–Crippen MR) is 608 cm³/mol. The lowest BCUT2D eigenvalue weighted by molar-refractivity contribution is 0.620. The van der Waals surface area contributed by atoms with Crippen molar-refractivity contribution in [2.24, 2.45) is 0 Å². The molecule has 0 saturated heterocycles. The van der Waals surface area contributed by atoms with Crippen molar-refractivity contribution in [1.82, 2.24) is 49.8 Å². The lowest BCUT2D eigenvalue weighted by Gasteiger charge is -2.24. The van der Waals surface area contributed by atoms with Crippen molar-refractivity contribution in [1.29, 1.82) is 0 Å². The average Bonchev–Trinajstić information content (AvgIpc) is 1.56. The molecule has 0 aliphatic heterocycles. The lowest BCUT2D eigenvalue weighted by Crippen LogP contribution is -2.17. The molecule has 3 aliphatic rings. The van der Waals surface area contributed by atoms with Crippen molar-refractivity contribution in [3.05, 3.63) is 470 Å². The molecule has 3 aliphatic carbocycles. The minimum atomic E-state index is -0.316. The van der Waals surface area contributed by atoms with Crippen LogP contribution in [0.2, 0.25) is 0 Å². The maximum Gasteiger partial charge on any atom is 0.227 e. The zero-order chi connectivity index (χ0) is 100. The number of pyridine rings is 2. The molecule has 14 nitrogen and oxygen atoms in total. The van der Waals surface area contributed by atoms with Crippen LogP contribution in [0.4, 0.5) is 0 Å². The van der Waals surface area contributed by atoms with Crippen LogP contribution in [0.15, 0.2) is 455 Å². The highest BCUT2D eigenvalue weighted by molar-refractivity contribution is 7.21. The van der Waals surface area contributed by atoms with Crippen LogP contribution in [0.5, 0.6) is 0 Å². The molecule has 0 spiro atoms. The highest BCUT2D eigenvalue weighted by Crippen LogP contribution is 2.57. The Kier molecular flexibility index (Phi) is 20.8. The summed E-state index contributed by atoms with van der Waals surface area (Å²) in [5, 5.41) is 7.69. The van der Waals surface area contributed by atoms with Crippen LogP contribution in [0.3, 0.4) is 0 Å². The smallest absolute Gasteiger partial charge is 0.227 e. The molecule has 0 bridgehead atoms. The number of benzene rings is 17. The Hall–Kier alpha value is -19.0. The minimum Gasteiger partial charge on any atom is -0.455 e. The summed E-state index contributed by atoms with van der Waals surface area (Å²) in [6.45, 7) is 13.7. The van der Waals surface area contributed by atoms with E-state index in [1.807, 2.05) is 128 Å². The molecule has 150 heavy (non-hydrogen) atoms. The lowest BCUT2D eigenvalue weighted by atomic mass is 9.80. The van der Waals surface area contributed by atoms with Gasteiger partial charge in [-0.25, -0.2) is 39.9 Å². The number of thiazole rings is 1. The number of furan rings is 3. The monoisotopic (exact) mass is 1950 g/mol. The van der Waals surface area contributed by atoms with Crippen molar-refractivity contribution >= 4 is 98.5 Å². The van der Waals surface area contributed by atoms with Crippen LogP contribution in [-0.4, -0.2) is 49.8 Å². The minimum absolute atomic E-state index is 0.280. The van der Waals surface area contributed by atoms with E-state index in [1.54, 1.807) is 11.3 Å². The van der Waals surface area contributed by atoms with Gasteiger partial charge in [0.05, 0.1) is 55.8 Å². The zero-order valence-corrected chi connectivity index (χ0v) is 83.4. The molecule has 0 fully saturated rings. The van der Waals surface area contributed by atoms with Crippen molar-refractivity contribution in [3.8, 4) is 180 Å². The van der Waals surface area contributed by atoms with E-state index in [2.05, 4.69) is 351 Å². The Balaban J connectivity index is 0.000000108. The predicted octanol–water partition coefficient (Wildman–Crippen LogP) is 35.3. The highest BCUT2D eigenvalue weighted by Gasteiger charge is 2.44. The number of rotatable bonds is 13. The molecule has 0 N–H and O–H groups in total. The Morgan fingerprint density at radius 3 is 0.933 bits per heavy atom. The normalized spacial score (nSPS) is 13.2. The summed E-state index contributed by atoms with van der Waals surface area (Å²) >= 11 is 1.71. The number of nitrogens with zero attached hydrogens (tertiary/aromatic N) is 10. The standard InChI is InChI=1S/C47H32N4O.C44H29N3O2.C44H29N3OS/c1-47(2)38-19-5-3-16-37(38)44-42(47)43(30-14-11-13-29(25-30)34-17-12-18-36-35-15-4-6-22-41(35)52-45(34)36)50-46(51-44)33-27-31(39-20-7-9-23-48-39)26-32(28-33)40-21-8-10-24-49-40;2*1-44(2)34-20-5-3-17-33(34)40-38(44)39(46-42(47-40)28-14-10-15-29(25-28)43-45-35-21-6-8-23-37(35)49-43)27-13-9-12-26(24-27)30-18-11-19-32-31-16-4-7-22-36(31)48-41(30)32/h3-28H,1-2H3;2*3-25H,1-2H3. The third kappa shape index (κ3) is 14.9. The molecule has 27 aromatic rings. The zero-order valence-electron chi connectivity index (χ0n) is 82.6. The van der Waals surface area contributed by atoms with Crippen LogP contribution in [0.1, 0.15) is 74.9 Å². The second kappa shape index (κ2) is 35.2. The van der Waals surface area contributed by atoms with Gasteiger partial charge in [0.2, 0.25) is 5.89 Å². The van der Waals surface area contributed by atoms with Gasteiger partial charge >= 0.3 is 0 Å². The number of aromatic nitrogens is 10. The number of fused-ring (bicyclic) bond motifs is 20. The fourth-order valence-corrected chi connectivity index (χ4v) is 23.9. The Morgan fingerprint density at radius 2 is 0.513 bits per heavy atom. The quantitative estimate of drug-likeness (QED) is 0.106. The maximum atomic E-state index is 6.47. The molecule has 15 heteroatoms.